The Hall–Kier alpha value is -1.87. The highest BCUT2D eigenvalue weighted by Gasteiger charge is 2.22. The van der Waals surface area contributed by atoms with E-state index in [1.165, 1.54) is 24.9 Å². The number of hydrogen-bond acceptors (Lipinski definition) is 3. The molecule has 1 aliphatic heterocycles. The molecule has 0 bridgehead atoms. The number of likely N-dealkylation sites (tertiary alicyclic amines) is 1. The van der Waals surface area contributed by atoms with Gasteiger partial charge in [-0.05, 0) is 43.5 Å². The predicted molar refractivity (Wildman–Crippen MR) is 87.1 cm³/mol. The van der Waals surface area contributed by atoms with E-state index in [0.717, 1.165) is 24.3 Å². The van der Waals surface area contributed by atoms with E-state index in [1.807, 2.05) is 6.92 Å². The zero-order valence-corrected chi connectivity index (χ0v) is 12.6. The molecular weight excluding hydrogens is 258 g/mol. The van der Waals surface area contributed by atoms with Crippen molar-refractivity contribution in [2.45, 2.75) is 32.2 Å². The van der Waals surface area contributed by atoms with Crippen molar-refractivity contribution in [3.63, 3.8) is 0 Å². The van der Waals surface area contributed by atoms with Crippen LogP contribution < -0.4 is 5.73 Å². The summed E-state index contributed by atoms with van der Waals surface area (Å²) in [5.74, 6) is 1.18. The van der Waals surface area contributed by atoms with Crippen molar-refractivity contribution >= 4 is 5.82 Å². The summed E-state index contributed by atoms with van der Waals surface area (Å²) in [6, 6.07) is 14.9. The molecule has 1 saturated heterocycles. The van der Waals surface area contributed by atoms with E-state index >= 15 is 0 Å². The number of anilines is 1. The highest BCUT2D eigenvalue weighted by Crippen LogP contribution is 2.27. The summed E-state index contributed by atoms with van der Waals surface area (Å²) in [6.07, 6.45) is 2.44. The summed E-state index contributed by atoms with van der Waals surface area (Å²) in [6.45, 7) is 5.28. The molecule has 0 spiro atoms. The molecular formula is C18H23N3. The van der Waals surface area contributed by atoms with Crippen LogP contribution in [0.5, 0.6) is 0 Å². The maximum absolute atomic E-state index is 5.96. The van der Waals surface area contributed by atoms with Crippen LogP contribution in [-0.4, -0.2) is 23.0 Å². The number of hydrogen-bond donors (Lipinski definition) is 1. The highest BCUT2D eigenvalue weighted by molar-refractivity contribution is 5.39. The molecule has 1 unspecified atom stereocenters. The molecule has 0 amide bonds. The second kappa shape index (κ2) is 6.27. The van der Waals surface area contributed by atoms with E-state index in [-0.39, 0.29) is 0 Å². The summed E-state index contributed by atoms with van der Waals surface area (Å²) < 4.78 is 0. The SMILES string of the molecule is Cc1ccc(C2CCCN(Cc3ccccc3)C2)nc1N. The first-order valence-corrected chi connectivity index (χ1v) is 7.71. The van der Waals surface area contributed by atoms with Gasteiger partial charge in [-0.15, -0.1) is 0 Å². The van der Waals surface area contributed by atoms with Gasteiger partial charge in [-0.3, -0.25) is 4.90 Å². The number of aromatic nitrogens is 1. The van der Waals surface area contributed by atoms with Crippen molar-refractivity contribution in [1.82, 2.24) is 9.88 Å². The fraction of sp³-hybridized carbons (Fsp3) is 0.389. The lowest BCUT2D eigenvalue weighted by Crippen LogP contribution is -2.34. The van der Waals surface area contributed by atoms with Crippen LogP contribution in [0.2, 0.25) is 0 Å². The Labute approximate surface area is 126 Å². The number of nitrogens with two attached hydrogens (primary N) is 1. The van der Waals surface area contributed by atoms with Crippen LogP contribution in [0.3, 0.4) is 0 Å². The lowest BCUT2D eigenvalue weighted by atomic mass is 9.93. The molecule has 110 valence electrons. The number of rotatable bonds is 3. The third-order valence-electron chi connectivity index (χ3n) is 4.33. The number of pyridine rings is 1. The Balaban J connectivity index is 1.69. The molecule has 21 heavy (non-hydrogen) atoms. The zero-order valence-electron chi connectivity index (χ0n) is 12.6. The molecule has 2 N–H and O–H groups in total. The molecule has 0 aliphatic carbocycles. The van der Waals surface area contributed by atoms with Crippen molar-refractivity contribution in [2.75, 3.05) is 18.8 Å². The van der Waals surface area contributed by atoms with E-state index < -0.39 is 0 Å². The largest absolute Gasteiger partial charge is 0.383 e. The molecule has 1 aromatic carbocycles. The van der Waals surface area contributed by atoms with Gasteiger partial charge >= 0.3 is 0 Å². The Kier molecular flexibility index (Phi) is 4.20. The van der Waals surface area contributed by atoms with E-state index in [9.17, 15) is 0 Å². The van der Waals surface area contributed by atoms with Crippen LogP contribution in [0.1, 0.15) is 35.6 Å². The lowest BCUT2D eigenvalue weighted by Gasteiger charge is -2.32. The van der Waals surface area contributed by atoms with Gasteiger partial charge < -0.3 is 5.73 Å². The van der Waals surface area contributed by atoms with Gasteiger partial charge in [-0.25, -0.2) is 4.98 Å². The Morgan fingerprint density at radius 3 is 2.76 bits per heavy atom. The van der Waals surface area contributed by atoms with Gasteiger partial charge in [0.1, 0.15) is 5.82 Å². The summed E-state index contributed by atoms with van der Waals surface area (Å²) in [4.78, 5) is 7.12. The van der Waals surface area contributed by atoms with Crippen LogP contribution in [0.4, 0.5) is 5.82 Å². The molecule has 1 aliphatic rings. The van der Waals surface area contributed by atoms with Crippen molar-refractivity contribution in [3.8, 4) is 0 Å². The molecule has 1 aromatic heterocycles. The summed E-state index contributed by atoms with van der Waals surface area (Å²) in [5.41, 5.74) is 9.56. The van der Waals surface area contributed by atoms with Crippen LogP contribution in [-0.2, 0) is 6.54 Å². The standard InChI is InChI=1S/C18H23N3/c1-14-9-10-17(20-18(14)19)16-8-5-11-21(13-16)12-15-6-3-2-4-7-15/h2-4,6-7,9-10,16H,5,8,11-13H2,1H3,(H2,19,20). The normalized spacial score (nSPS) is 19.6. The molecule has 3 rings (SSSR count). The third kappa shape index (κ3) is 3.42. The Morgan fingerprint density at radius 2 is 2.00 bits per heavy atom. The smallest absolute Gasteiger partial charge is 0.126 e. The lowest BCUT2D eigenvalue weighted by molar-refractivity contribution is 0.198. The number of piperidine rings is 1. The molecule has 2 heterocycles. The topological polar surface area (TPSA) is 42.2 Å². The van der Waals surface area contributed by atoms with E-state index in [0.29, 0.717) is 11.7 Å². The first-order chi connectivity index (χ1) is 10.2. The predicted octanol–water partition coefficient (Wildman–Crippen LogP) is 3.35. The van der Waals surface area contributed by atoms with Crippen molar-refractivity contribution in [3.05, 3.63) is 59.3 Å². The van der Waals surface area contributed by atoms with Gasteiger partial charge in [0, 0.05) is 24.7 Å². The quantitative estimate of drug-likeness (QED) is 0.938. The Morgan fingerprint density at radius 1 is 1.19 bits per heavy atom. The van der Waals surface area contributed by atoms with Crippen molar-refractivity contribution in [2.24, 2.45) is 0 Å². The number of nitrogen functional groups attached to an aromatic ring is 1. The van der Waals surface area contributed by atoms with E-state index in [4.69, 9.17) is 5.73 Å². The van der Waals surface area contributed by atoms with Crippen LogP contribution in [0.25, 0.3) is 0 Å². The molecule has 0 saturated carbocycles. The third-order valence-corrected chi connectivity index (χ3v) is 4.33. The highest BCUT2D eigenvalue weighted by atomic mass is 15.1. The average molecular weight is 281 g/mol. The fourth-order valence-electron chi connectivity index (χ4n) is 3.07. The number of nitrogens with zero attached hydrogens (tertiary/aromatic N) is 2. The van der Waals surface area contributed by atoms with Crippen molar-refractivity contribution in [1.29, 1.82) is 0 Å². The molecule has 1 atom stereocenters. The minimum absolute atomic E-state index is 0.505. The van der Waals surface area contributed by atoms with Gasteiger partial charge in [0.2, 0.25) is 0 Å². The van der Waals surface area contributed by atoms with E-state index in [1.54, 1.807) is 0 Å². The van der Waals surface area contributed by atoms with Gasteiger partial charge in [0.25, 0.3) is 0 Å². The van der Waals surface area contributed by atoms with Crippen molar-refractivity contribution < 1.29 is 0 Å². The summed E-state index contributed by atoms with van der Waals surface area (Å²) in [7, 11) is 0. The van der Waals surface area contributed by atoms with Gasteiger partial charge in [-0.2, -0.15) is 0 Å². The van der Waals surface area contributed by atoms with Crippen LogP contribution in [0, 0.1) is 6.92 Å². The first-order valence-electron chi connectivity index (χ1n) is 7.71. The average Bonchev–Trinajstić information content (AvgIpc) is 2.51. The number of aryl methyl sites for hydroxylation is 1. The van der Waals surface area contributed by atoms with Gasteiger partial charge in [0.05, 0.1) is 0 Å². The first kappa shape index (κ1) is 14.1. The monoisotopic (exact) mass is 281 g/mol. The maximum atomic E-state index is 5.96. The molecule has 2 aromatic rings. The summed E-state index contributed by atoms with van der Waals surface area (Å²) in [5, 5.41) is 0. The summed E-state index contributed by atoms with van der Waals surface area (Å²) >= 11 is 0. The molecule has 1 fully saturated rings. The minimum atomic E-state index is 0.505. The second-order valence-electron chi connectivity index (χ2n) is 6.00. The van der Waals surface area contributed by atoms with E-state index in [2.05, 4.69) is 52.3 Å². The van der Waals surface area contributed by atoms with Gasteiger partial charge in [0.15, 0.2) is 0 Å². The molecule has 0 radical (unpaired) electrons. The molecule has 3 heteroatoms. The minimum Gasteiger partial charge on any atom is -0.383 e. The maximum Gasteiger partial charge on any atom is 0.126 e. The zero-order chi connectivity index (χ0) is 14.7. The Bertz CT molecular complexity index is 595. The second-order valence-corrected chi connectivity index (χ2v) is 6.00. The number of benzene rings is 1. The van der Waals surface area contributed by atoms with Gasteiger partial charge in [-0.1, -0.05) is 36.4 Å². The fourth-order valence-corrected chi connectivity index (χ4v) is 3.07. The van der Waals surface area contributed by atoms with Crippen LogP contribution >= 0.6 is 0 Å². The molecule has 3 nitrogen and oxygen atoms in total. The van der Waals surface area contributed by atoms with Crippen LogP contribution in [0.15, 0.2) is 42.5 Å².